The van der Waals surface area contributed by atoms with Crippen LogP contribution in [-0.2, 0) is 36.1 Å². The summed E-state index contributed by atoms with van der Waals surface area (Å²) in [7, 11) is -4.27. The predicted molar refractivity (Wildman–Crippen MR) is 186 cm³/mol. The van der Waals surface area contributed by atoms with E-state index in [1.165, 1.54) is 42.0 Å². The van der Waals surface area contributed by atoms with E-state index in [2.05, 4.69) is 43.2 Å². The number of pyridine rings is 1. The number of carbonyl (C=O) groups excluding carboxylic acids is 2. The predicted octanol–water partition coefficient (Wildman–Crippen LogP) is 8.03. The summed E-state index contributed by atoms with van der Waals surface area (Å²) in [5, 5.41) is 1.67. The van der Waals surface area contributed by atoms with Crippen LogP contribution in [0.5, 0.6) is 0 Å². The number of nitrogens with zero attached hydrogens (tertiary/aromatic N) is 2. The van der Waals surface area contributed by atoms with Gasteiger partial charge in [-0.25, -0.2) is 22.6 Å². The van der Waals surface area contributed by atoms with Crippen LogP contribution in [0.15, 0.2) is 71.6 Å². The minimum atomic E-state index is -4.27. The van der Waals surface area contributed by atoms with E-state index in [9.17, 15) is 22.4 Å². The van der Waals surface area contributed by atoms with Crippen molar-refractivity contribution < 1.29 is 31.9 Å². The van der Waals surface area contributed by atoms with Crippen LogP contribution < -0.4 is 10.2 Å². The van der Waals surface area contributed by atoms with E-state index in [0.29, 0.717) is 0 Å². The van der Waals surface area contributed by atoms with Crippen LogP contribution in [0.25, 0.3) is 0 Å². The molecule has 1 aromatic heterocycles. The number of unbranched alkanes of at least 4 members (excludes halogenated alkanes) is 1. The minimum absolute atomic E-state index is 0.00506. The molecule has 0 aliphatic heterocycles. The quantitative estimate of drug-likeness (QED) is 0.180. The summed E-state index contributed by atoms with van der Waals surface area (Å²) in [5.41, 5.74) is 0.336. The number of carbonyl (C=O) groups is 2. The van der Waals surface area contributed by atoms with Crippen molar-refractivity contribution in [2.24, 2.45) is 0 Å². The fraction of sp³-hybridized carbons (Fsp3) is 0.486. The number of aromatic nitrogens is 1. The Balaban J connectivity index is 2.04. The smallest absolute Gasteiger partial charge is 0.416 e. The van der Waals surface area contributed by atoms with E-state index < -0.39 is 50.8 Å². The van der Waals surface area contributed by atoms with Gasteiger partial charge in [0.05, 0.1) is 10.6 Å². The zero-order valence-corrected chi connectivity index (χ0v) is 30.4. The monoisotopic (exact) mass is 683 g/mol. The molecule has 262 valence electrons. The average molecular weight is 684 g/mol. The van der Waals surface area contributed by atoms with Crippen molar-refractivity contribution in [3.8, 4) is 0 Å². The summed E-state index contributed by atoms with van der Waals surface area (Å²) in [5.74, 6) is -1.43. The lowest BCUT2D eigenvalue weighted by molar-refractivity contribution is -0.153. The second-order valence-electron chi connectivity index (χ2n) is 14.5. The Morgan fingerprint density at radius 2 is 1.52 bits per heavy atom. The lowest BCUT2D eigenvalue weighted by Gasteiger charge is -2.28. The van der Waals surface area contributed by atoms with Crippen molar-refractivity contribution >= 4 is 27.7 Å². The molecular weight excluding hydrogens is 633 g/mol. The second kappa shape index (κ2) is 15.6. The third-order valence-corrected chi connectivity index (χ3v) is 9.38. The van der Waals surface area contributed by atoms with Gasteiger partial charge in [-0.15, -0.1) is 0 Å². The molecule has 0 saturated carbocycles. The number of ether oxygens (including phenoxy) is 2. The number of rotatable bonds is 13. The van der Waals surface area contributed by atoms with Gasteiger partial charge in [0.1, 0.15) is 29.4 Å². The summed E-state index contributed by atoms with van der Waals surface area (Å²) >= 11 is 0. The molecule has 1 N–H and O–H groups in total. The Morgan fingerprint density at radius 3 is 2.10 bits per heavy atom. The van der Waals surface area contributed by atoms with Crippen molar-refractivity contribution in [1.82, 2.24) is 10.3 Å². The SMILES string of the molecule is CCCCC(C)(C)c1ccc(CNC(c2cccc(N(CC(=O)OC(C)(C)C)C(=O)OC(C)(C)C)n2)S(=O)(=O)c2cccc(F)c2)cc1. The molecule has 0 aliphatic carbocycles. The molecular formula is C37H50FN3O6S. The van der Waals surface area contributed by atoms with Crippen LogP contribution in [0.2, 0.25) is 0 Å². The van der Waals surface area contributed by atoms with Gasteiger partial charge < -0.3 is 9.47 Å². The molecule has 0 saturated heterocycles. The molecule has 0 radical (unpaired) electrons. The molecule has 0 bridgehead atoms. The summed E-state index contributed by atoms with van der Waals surface area (Å²) in [6.45, 7) is 16.4. The Kier molecular flexibility index (Phi) is 12.5. The number of amides is 1. The topological polar surface area (TPSA) is 115 Å². The van der Waals surface area contributed by atoms with E-state index >= 15 is 0 Å². The first-order valence-corrected chi connectivity index (χ1v) is 17.8. The highest BCUT2D eigenvalue weighted by Crippen LogP contribution is 2.31. The number of benzene rings is 2. The summed E-state index contributed by atoms with van der Waals surface area (Å²) in [4.78, 5) is 31.5. The molecule has 11 heteroatoms. The first-order valence-electron chi connectivity index (χ1n) is 16.2. The van der Waals surface area contributed by atoms with E-state index in [0.717, 1.165) is 35.8 Å². The first-order chi connectivity index (χ1) is 22.2. The molecule has 1 atom stereocenters. The highest BCUT2D eigenvalue weighted by atomic mass is 32.2. The molecule has 1 amide bonds. The molecule has 2 aromatic carbocycles. The zero-order valence-electron chi connectivity index (χ0n) is 29.6. The molecule has 48 heavy (non-hydrogen) atoms. The molecule has 3 rings (SSSR count). The van der Waals surface area contributed by atoms with Crippen LogP contribution in [0, 0.1) is 5.82 Å². The van der Waals surface area contributed by atoms with Gasteiger partial charge >= 0.3 is 12.1 Å². The van der Waals surface area contributed by atoms with Gasteiger partial charge in [0.2, 0.25) is 0 Å². The van der Waals surface area contributed by atoms with Crippen molar-refractivity contribution in [2.45, 2.75) is 115 Å². The number of nitrogens with one attached hydrogen (secondary N) is 1. The number of halogens is 1. The molecule has 1 unspecified atom stereocenters. The molecule has 0 aliphatic rings. The molecule has 3 aromatic rings. The number of sulfone groups is 1. The Bertz CT molecular complexity index is 1660. The van der Waals surface area contributed by atoms with Crippen molar-refractivity contribution in [2.75, 3.05) is 11.4 Å². The molecule has 0 fully saturated rings. The van der Waals surface area contributed by atoms with Gasteiger partial charge in [-0.3, -0.25) is 15.0 Å². The van der Waals surface area contributed by atoms with Gasteiger partial charge in [-0.1, -0.05) is 70.0 Å². The van der Waals surface area contributed by atoms with Gasteiger partial charge in [0, 0.05) is 6.54 Å². The number of hydrogen-bond donors (Lipinski definition) is 1. The van der Waals surface area contributed by atoms with Crippen LogP contribution >= 0.6 is 0 Å². The summed E-state index contributed by atoms with van der Waals surface area (Å²) in [6, 6.07) is 17.3. The summed E-state index contributed by atoms with van der Waals surface area (Å²) in [6.07, 6.45) is 2.41. The van der Waals surface area contributed by atoms with Gasteiger partial charge in [-0.05, 0) is 94.8 Å². The standard InChI is InChI=1S/C37H50FN3O6S/c1-10-11-22-37(8,9)27-20-18-26(19-21-27)24-39-33(48(44,45)29-15-12-14-28(38)23-29)30-16-13-17-31(40-30)41(34(43)47-36(5,6)7)25-32(42)46-35(2,3)4/h12-21,23,33,39H,10-11,22,24-25H2,1-9H3. The maximum absolute atomic E-state index is 14.3. The Morgan fingerprint density at radius 1 is 0.896 bits per heavy atom. The van der Waals surface area contributed by atoms with Crippen molar-refractivity contribution in [3.05, 3.63) is 89.4 Å². The highest BCUT2D eigenvalue weighted by molar-refractivity contribution is 7.91. The molecule has 9 nitrogen and oxygen atoms in total. The minimum Gasteiger partial charge on any atom is -0.459 e. The second-order valence-corrected chi connectivity index (χ2v) is 16.6. The Labute approximate surface area is 285 Å². The van der Waals surface area contributed by atoms with Gasteiger partial charge in [0.25, 0.3) is 0 Å². The van der Waals surface area contributed by atoms with Crippen LogP contribution in [0.1, 0.15) is 104 Å². The Hall–Kier alpha value is -3.83. The first kappa shape index (κ1) is 38.6. The third kappa shape index (κ3) is 11.1. The lowest BCUT2D eigenvalue weighted by Crippen LogP contribution is -2.42. The number of anilines is 1. The van der Waals surface area contributed by atoms with Gasteiger partial charge in [-0.2, -0.15) is 0 Å². The third-order valence-electron chi connectivity index (χ3n) is 7.44. The zero-order chi connectivity index (χ0) is 35.9. The average Bonchev–Trinajstić information content (AvgIpc) is 2.97. The summed E-state index contributed by atoms with van der Waals surface area (Å²) < 4.78 is 53.4. The fourth-order valence-electron chi connectivity index (χ4n) is 5.00. The van der Waals surface area contributed by atoms with Crippen LogP contribution in [-0.4, -0.2) is 43.2 Å². The van der Waals surface area contributed by atoms with Gasteiger partial charge in [0.15, 0.2) is 15.2 Å². The highest BCUT2D eigenvalue weighted by Gasteiger charge is 2.33. The maximum Gasteiger partial charge on any atom is 0.416 e. The largest absolute Gasteiger partial charge is 0.459 e. The van der Waals surface area contributed by atoms with E-state index in [-0.39, 0.29) is 28.4 Å². The normalized spacial score (nSPS) is 13.1. The molecule has 0 spiro atoms. The van der Waals surface area contributed by atoms with Crippen molar-refractivity contribution in [1.29, 1.82) is 0 Å². The number of hydrogen-bond acceptors (Lipinski definition) is 8. The lowest BCUT2D eigenvalue weighted by atomic mass is 9.80. The van der Waals surface area contributed by atoms with E-state index in [1.54, 1.807) is 41.5 Å². The van der Waals surface area contributed by atoms with E-state index in [1.807, 2.05) is 12.1 Å². The van der Waals surface area contributed by atoms with E-state index in [4.69, 9.17) is 9.47 Å². The fourth-order valence-corrected chi connectivity index (χ4v) is 6.56. The maximum atomic E-state index is 14.3. The number of esters is 1. The van der Waals surface area contributed by atoms with Crippen LogP contribution in [0.4, 0.5) is 15.0 Å². The molecule has 1 heterocycles. The van der Waals surface area contributed by atoms with Crippen molar-refractivity contribution in [3.63, 3.8) is 0 Å². The van der Waals surface area contributed by atoms with Crippen LogP contribution in [0.3, 0.4) is 0 Å².